The summed E-state index contributed by atoms with van der Waals surface area (Å²) in [6.07, 6.45) is 0.198. The lowest BCUT2D eigenvalue weighted by molar-refractivity contribution is 0.172. The fourth-order valence-corrected chi connectivity index (χ4v) is 2.14. The van der Waals surface area contributed by atoms with Crippen LogP contribution in [0.25, 0.3) is 0 Å². The molecule has 0 radical (unpaired) electrons. The maximum Gasteiger partial charge on any atom is 0.319 e. The predicted molar refractivity (Wildman–Crippen MR) is 88.9 cm³/mol. The Labute approximate surface area is 135 Å². The quantitative estimate of drug-likeness (QED) is 0.766. The number of nitrogens with one attached hydrogen (secondary N) is 2. The second-order valence-corrected chi connectivity index (χ2v) is 5.21. The average Bonchev–Trinajstić information content (AvgIpc) is 2.56. The zero-order chi connectivity index (χ0) is 16.5. The van der Waals surface area contributed by atoms with Crippen LogP contribution in [0, 0.1) is 11.3 Å². The molecule has 2 amide bonds. The maximum absolute atomic E-state index is 11.8. The van der Waals surface area contributed by atoms with E-state index in [9.17, 15) is 9.90 Å². The van der Waals surface area contributed by atoms with Crippen LogP contribution in [0.15, 0.2) is 54.6 Å². The Kier molecular flexibility index (Phi) is 6.16. The molecule has 0 aliphatic rings. The molecule has 118 valence electrons. The lowest BCUT2D eigenvalue weighted by atomic mass is 10.1. The Morgan fingerprint density at radius 3 is 2.43 bits per heavy atom. The Morgan fingerprint density at radius 2 is 1.78 bits per heavy atom. The summed E-state index contributed by atoms with van der Waals surface area (Å²) in [5.74, 6) is 0. The van der Waals surface area contributed by atoms with Crippen molar-refractivity contribution in [2.75, 3.05) is 11.9 Å². The van der Waals surface area contributed by atoms with E-state index in [1.807, 2.05) is 30.3 Å². The molecular formula is C18H19N3O2. The van der Waals surface area contributed by atoms with Crippen molar-refractivity contribution in [1.29, 1.82) is 5.26 Å². The molecule has 0 heterocycles. The summed E-state index contributed by atoms with van der Waals surface area (Å²) in [7, 11) is 0. The van der Waals surface area contributed by atoms with Gasteiger partial charge < -0.3 is 15.7 Å². The van der Waals surface area contributed by atoms with Crippen molar-refractivity contribution in [3.8, 4) is 6.07 Å². The van der Waals surface area contributed by atoms with Crippen LogP contribution in [0.4, 0.5) is 10.5 Å². The number of benzene rings is 2. The predicted octanol–water partition coefficient (Wildman–Crippen LogP) is 2.48. The highest BCUT2D eigenvalue weighted by Crippen LogP contribution is 2.09. The maximum atomic E-state index is 11.8. The fourth-order valence-electron chi connectivity index (χ4n) is 2.14. The standard InChI is InChI=1S/C18H19N3O2/c19-11-10-14-6-8-16(9-7-14)21-18(23)20-13-17(22)12-15-4-2-1-3-5-15/h1-9,17,22H,10,12-13H2,(H2,20,21,23). The highest BCUT2D eigenvalue weighted by atomic mass is 16.3. The number of nitriles is 1. The third kappa shape index (κ3) is 5.81. The molecule has 0 aliphatic heterocycles. The first-order valence-corrected chi connectivity index (χ1v) is 7.40. The molecule has 5 nitrogen and oxygen atoms in total. The van der Waals surface area contributed by atoms with E-state index in [4.69, 9.17) is 5.26 Å². The average molecular weight is 309 g/mol. The molecule has 5 heteroatoms. The number of hydrogen-bond acceptors (Lipinski definition) is 3. The van der Waals surface area contributed by atoms with Crippen LogP contribution in [-0.4, -0.2) is 23.8 Å². The van der Waals surface area contributed by atoms with Gasteiger partial charge in [-0.1, -0.05) is 42.5 Å². The van der Waals surface area contributed by atoms with Crippen LogP contribution in [0.5, 0.6) is 0 Å². The van der Waals surface area contributed by atoms with Crippen LogP contribution >= 0.6 is 0 Å². The summed E-state index contributed by atoms with van der Waals surface area (Å²) in [4.78, 5) is 11.8. The number of carbonyl (C=O) groups excluding carboxylic acids is 1. The Balaban J connectivity index is 1.75. The van der Waals surface area contributed by atoms with Crippen molar-refractivity contribution < 1.29 is 9.90 Å². The molecule has 23 heavy (non-hydrogen) atoms. The van der Waals surface area contributed by atoms with Gasteiger partial charge >= 0.3 is 6.03 Å². The van der Waals surface area contributed by atoms with Gasteiger partial charge in [0, 0.05) is 18.7 Å². The summed E-state index contributed by atoms with van der Waals surface area (Å²) in [5.41, 5.74) is 2.56. The largest absolute Gasteiger partial charge is 0.391 e. The minimum absolute atomic E-state index is 0.174. The summed E-state index contributed by atoms with van der Waals surface area (Å²) < 4.78 is 0. The Hall–Kier alpha value is -2.84. The number of amides is 2. The minimum atomic E-state index is -0.638. The van der Waals surface area contributed by atoms with Gasteiger partial charge in [0.15, 0.2) is 0 Å². The van der Waals surface area contributed by atoms with E-state index >= 15 is 0 Å². The third-order valence-corrected chi connectivity index (χ3v) is 3.31. The van der Waals surface area contributed by atoms with Gasteiger partial charge in [0.2, 0.25) is 0 Å². The van der Waals surface area contributed by atoms with Crippen LogP contribution in [0.3, 0.4) is 0 Å². The minimum Gasteiger partial charge on any atom is -0.391 e. The number of carbonyl (C=O) groups is 1. The van der Waals surface area contributed by atoms with Gasteiger partial charge in [0.05, 0.1) is 18.6 Å². The number of urea groups is 1. The molecule has 3 N–H and O–H groups in total. The second kappa shape index (κ2) is 8.57. The van der Waals surface area contributed by atoms with Crippen molar-refractivity contribution in [1.82, 2.24) is 5.32 Å². The summed E-state index contributed by atoms with van der Waals surface area (Å²) in [6, 6.07) is 18.4. The van der Waals surface area contributed by atoms with Gasteiger partial charge in [-0.2, -0.15) is 5.26 Å². The number of nitrogens with zero attached hydrogens (tertiary/aromatic N) is 1. The lowest BCUT2D eigenvalue weighted by Crippen LogP contribution is -2.36. The smallest absolute Gasteiger partial charge is 0.319 e. The van der Waals surface area contributed by atoms with Gasteiger partial charge in [-0.05, 0) is 23.3 Å². The molecular weight excluding hydrogens is 290 g/mol. The monoisotopic (exact) mass is 309 g/mol. The number of anilines is 1. The zero-order valence-corrected chi connectivity index (χ0v) is 12.7. The van der Waals surface area contributed by atoms with Crippen LogP contribution in [-0.2, 0) is 12.8 Å². The van der Waals surface area contributed by atoms with Crippen molar-refractivity contribution in [2.45, 2.75) is 18.9 Å². The molecule has 0 aliphatic carbocycles. The SMILES string of the molecule is N#CCc1ccc(NC(=O)NCC(O)Cc2ccccc2)cc1. The van der Waals surface area contributed by atoms with Crippen LogP contribution in [0.2, 0.25) is 0 Å². The summed E-state index contributed by atoms with van der Waals surface area (Å²) in [5, 5.41) is 23.9. The van der Waals surface area contributed by atoms with Gasteiger partial charge in [-0.15, -0.1) is 0 Å². The molecule has 0 saturated heterocycles. The van der Waals surface area contributed by atoms with E-state index in [0.29, 0.717) is 18.5 Å². The summed E-state index contributed by atoms with van der Waals surface area (Å²) in [6.45, 7) is 0.174. The van der Waals surface area contributed by atoms with Gasteiger partial charge in [0.1, 0.15) is 0 Å². The van der Waals surface area contributed by atoms with E-state index in [1.54, 1.807) is 24.3 Å². The number of aliphatic hydroxyl groups excluding tert-OH is 1. The number of aliphatic hydroxyl groups is 1. The molecule has 0 spiro atoms. The molecule has 2 aromatic rings. The molecule has 0 bridgehead atoms. The van der Waals surface area contributed by atoms with Crippen molar-refractivity contribution >= 4 is 11.7 Å². The Morgan fingerprint density at radius 1 is 1.09 bits per heavy atom. The molecule has 2 rings (SSSR count). The normalized spacial score (nSPS) is 11.3. The van der Waals surface area contributed by atoms with Crippen LogP contribution < -0.4 is 10.6 Å². The van der Waals surface area contributed by atoms with Crippen molar-refractivity contribution in [3.05, 3.63) is 65.7 Å². The number of rotatable bonds is 6. The van der Waals surface area contributed by atoms with E-state index in [2.05, 4.69) is 16.7 Å². The van der Waals surface area contributed by atoms with E-state index in [-0.39, 0.29) is 12.6 Å². The highest BCUT2D eigenvalue weighted by Gasteiger charge is 2.08. The molecule has 2 aromatic carbocycles. The van der Waals surface area contributed by atoms with Gasteiger partial charge in [-0.3, -0.25) is 0 Å². The Bertz CT molecular complexity index is 663. The molecule has 1 atom stereocenters. The van der Waals surface area contributed by atoms with Crippen molar-refractivity contribution in [2.24, 2.45) is 0 Å². The topological polar surface area (TPSA) is 85.2 Å². The van der Waals surface area contributed by atoms with E-state index in [1.165, 1.54) is 0 Å². The van der Waals surface area contributed by atoms with Gasteiger partial charge in [-0.25, -0.2) is 4.79 Å². The molecule has 0 fully saturated rings. The molecule has 0 saturated carbocycles. The molecule has 0 aromatic heterocycles. The first-order chi connectivity index (χ1) is 11.2. The van der Waals surface area contributed by atoms with Crippen LogP contribution in [0.1, 0.15) is 11.1 Å². The zero-order valence-electron chi connectivity index (χ0n) is 12.7. The fraction of sp³-hybridized carbons (Fsp3) is 0.222. The highest BCUT2D eigenvalue weighted by molar-refractivity contribution is 5.89. The van der Waals surface area contributed by atoms with E-state index < -0.39 is 6.10 Å². The molecule has 1 unspecified atom stereocenters. The third-order valence-electron chi connectivity index (χ3n) is 3.31. The van der Waals surface area contributed by atoms with E-state index in [0.717, 1.165) is 11.1 Å². The first kappa shape index (κ1) is 16.5. The summed E-state index contributed by atoms with van der Waals surface area (Å²) >= 11 is 0. The number of hydrogen-bond donors (Lipinski definition) is 3. The first-order valence-electron chi connectivity index (χ1n) is 7.40. The lowest BCUT2D eigenvalue weighted by Gasteiger charge is -2.13. The second-order valence-electron chi connectivity index (χ2n) is 5.21. The van der Waals surface area contributed by atoms with Gasteiger partial charge in [0.25, 0.3) is 0 Å². The van der Waals surface area contributed by atoms with Crippen molar-refractivity contribution in [3.63, 3.8) is 0 Å².